The fraction of sp³-hybridized carbons (Fsp3) is 0.308. The summed E-state index contributed by atoms with van der Waals surface area (Å²) in [6, 6.07) is 9.15. The number of halogens is 2. The number of aryl methyl sites for hydroxylation is 3. The van der Waals surface area contributed by atoms with Gasteiger partial charge in [-0.15, -0.1) is 34.5 Å². The van der Waals surface area contributed by atoms with Crippen molar-refractivity contribution in [2.45, 2.75) is 27.2 Å². The first-order valence-corrected chi connectivity index (χ1v) is 4.87. The van der Waals surface area contributed by atoms with Gasteiger partial charge >= 0.3 is 26.2 Å². The van der Waals surface area contributed by atoms with Gasteiger partial charge in [-0.25, -0.2) is 0 Å². The van der Waals surface area contributed by atoms with Gasteiger partial charge in [0.05, 0.1) is 0 Å². The van der Waals surface area contributed by atoms with Crippen LogP contribution >= 0.6 is 0 Å². The molecule has 0 fully saturated rings. The largest absolute Gasteiger partial charge is 3.00 e. The number of hydrogen-bond acceptors (Lipinski definition) is 0. The van der Waals surface area contributed by atoms with Gasteiger partial charge in [0, 0.05) is 0 Å². The first-order chi connectivity index (χ1) is 6.20. The zero-order chi connectivity index (χ0) is 9.42. The SMILES string of the molecule is CCc1cc2cc(C)c(C)cc2[cH-]1.[Cl-].[Cl-].[Zr+3]. The molecule has 3 heteroatoms. The van der Waals surface area contributed by atoms with E-state index in [1.54, 1.807) is 0 Å². The van der Waals surface area contributed by atoms with Crippen molar-refractivity contribution in [3.63, 3.8) is 0 Å². The van der Waals surface area contributed by atoms with Crippen molar-refractivity contribution in [2.24, 2.45) is 0 Å². The molecule has 1 radical (unpaired) electrons. The summed E-state index contributed by atoms with van der Waals surface area (Å²) in [7, 11) is 0. The summed E-state index contributed by atoms with van der Waals surface area (Å²) in [5.41, 5.74) is 4.22. The summed E-state index contributed by atoms with van der Waals surface area (Å²) in [4.78, 5) is 0. The number of fused-ring (bicyclic) bond motifs is 1. The van der Waals surface area contributed by atoms with Crippen molar-refractivity contribution < 1.29 is 51.0 Å². The van der Waals surface area contributed by atoms with Gasteiger partial charge in [-0.2, -0.15) is 6.07 Å². The quantitative estimate of drug-likeness (QED) is 0.517. The molecule has 0 N–H and O–H groups in total. The Morgan fingerprint density at radius 3 is 2.12 bits per heavy atom. The van der Waals surface area contributed by atoms with E-state index in [9.17, 15) is 0 Å². The predicted molar refractivity (Wildman–Crippen MR) is 58.4 cm³/mol. The van der Waals surface area contributed by atoms with Crippen LogP contribution in [0.5, 0.6) is 0 Å². The molecule has 0 saturated heterocycles. The van der Waals surface area contributed by atoms with E-state index in [4.69, 9.17) is 0 Å². The van der Waals surface area contributed by atoms with Crippen LogP contribution in [0.25, 0.3) is 10.8 Å². The van der Waals surface area contributed by atoms with Crippen LogP contribution in [-0.4, -0.2) is 0 Å². The van der Waals surface area contributed by atoms with Gasteiger partial charge < -0.3 is 24.8 Å². The molecule has 2 aromatic rings. The fourth-order valence-electron chi connectivity index (χ4n) is 1.76. The Morgan fingerprint density at radius 1 is 1.00 bits per heavy atom. The van der Waals surface area contributed by atoms with Crippen molar-refractivity contribution in [3.05, 3.63) is 41.0 Å². The molecule has 2 aromatic carbocycles. The van der Waals surface area contributed by atoms with Crippen LogP contribution in [0.1, 0.15) is 23.6 Å². The Labute approximate surface area is 129 Å². The molecule has 0 aliphatic rings. The predicted octanol–water partition coefficient (Wildman–Crippen LogP) is -2.26. The van der Waals surface area contributed by atoms with E-state index in [1.807, 2.05) is 0 Å². The van der Waals surface area contributed by atoms with Crippen LogP contribution in [0.4, 0.5) is 0 Å². The summed E-state index contributed by atoms with van der Waals surface area (Å²) in [6.45, 7) is 6.55. The molecule has 0 unspecified atom stereocenters. The number of benzene rings is 1. The average molecular weight is 333 g/mol. The first kappa shape index (κ1) is 18.7. The summed E-state index contributed by atoms with van der Waals surface area (Å²) < 4.78 is 0. The zero-order valence-corrected chi connectivity index (χ0v) is 13.7. The molecule has 2 rings (SSSR count). The third kappa shape index (κ3) is 3.65. The number of rotatable bonds is 1. The molecule has 0 aliphatic heterocycles. The van der Waals surface area contributed by atoms with Crippen LogP contribution in [0.15, 0.2) is 24.3 Å². The topological polar surface area (TPSA) is 0 Å². The van der Waals surface area contributed by atoms with Crippen LogP contribution < -0.4 is 24.8 Å². The Kier molecular flexibility index (Phi) is 8.84. The van der Waals surface area contributed by atoms with Gasteiger partial charge in [-0.05, 0) is 20.3 Å². The van der Waals surface area contributed by atoms with Gasteiger partial charge in [0.15, 0.2) is 0 Å². The first-order valence-electron chi connectivity index (χ1n) is 4.87. The molecule has 16 heavy (non-hydrogen) atoms. The Hall–Kier alpha value is 0.293. The van der Waals surface area contributed by atoms with Gasteiger partial charge in [-0.3, -0.25) is 0 Å². The van der Waals surface area contributed by atoms with Gasteiger partial charge in [0.25, 0.3) is 0 Å². The van der Waals surface area contributed by atoms with Gasteiger partial charge in [0.1, 0.15) is 0 Å². The normalized spacial score (nSPS) is 8.94. The molecule has 0 spiro atoms. The second kappa shape index (κ2) is 7.59. The molecule has 0 nitrogen and oxygen atoms in total. The van der Waals surface area contributed by atoms with Crippen LogP contribution in [0.3, 0.4) is 0 Å². The molecule has 0 amide bonds. The third-order valence-corrected chi connectivity index (χ3v) is 2.79. The minimum atomic E-state index is 0. The monoisotopic (exact) mass is 331 g/mol. The molecule has 0 bridgehead atoms. The molecule has 0 heterocycles. The smallest absolute Gasteiger partial charge is 1.00 e. The Bertz CT molecular complexity index is 407. The minimum Gasteiger partial charge on any atom is -1.00 e. The van der Waals surface area contributed by atoms with E-state index in [-0.39, 0.29) is 51.0 Å². The molecular formula is C13H15Cl2Zr. The average Bonchev–Trinajstić information content (AvgIpc) is 2.48. The minimum absolute atomic E-state index is 0. The fourth-order valence-corrected chi connectivity index (χ4v) is 1.76. The van der Waals surface area contributed by atoms with Crippen LogP contribution in [0.2, 0.25) is 0 Å². The molecule has 0 aromatic heterocycles. The van der Waals surface area contributed by atoms with Gasteiger partial charge in [0.2, 0.25) is 0 Å². The summed E-state index contributed by atoms with van der Waals surface area (Å²) in [5, 5.41) is 2.78. The second-order valence-electron chi connectivity index (χ2n) is 3.78. The number of hydrogen-bond donors (Lipinski definition) is 0. The van der Waals surface area contributed by atoms with Crippen LogP contribution in [-0.2, 0) is 32.6 Å². The van der Waals surface area contributed by atoms with Gasteiger partial charge in [-0.1, -0.05) is 18.1 Å². The summed E-state index contributed by atoms with van der Waals surface area (Å²) in [6.07, 6.45) is 1.13. The maximum atomic E-state index is 2.29. The van der Waals surface area contributed by atoms with Crippen molar-refractivity contribution in [1.29, 1.82) is 0 Å². The summed E-state index contributed by atoms with van der Waals surface area (Å²) in [5.74, 6) is 0. The van der Waals surface area contributed by atoms with E-state index in [1.165, 1.54) is 27.5 Å². The maximum Gasteiger partial charge on any atom is 3.00 e. The molecule has 0 aliphatic carbocycles. The van der Waals surface area contributed by atoms with E-state index >= 15 is 0 Å². The summed E-state index contributed by atoms with van der Waals surface area (Å²) >= 11 is 0. The van der Waals surface area contributed by atoms with Crippen molar-refractivity contribution in [1.82, 2.24) is 0 Å². The van der Waals surface area contributed by atoms with Crippen molar-refractivity contribution in [2.75, 3.05) is 0 Å². The molecular weight excluding hydrogens is 318 g/mol. The van der Waals surface area contributed by atoms with E-state index in [2.05, 4.69) is 45.0 Å². The van der Waals surface area contributed by atoms with Crippen molar-refractivity contribution >= 4 is 10.8 Å². The van der Waals surface area contributed by atoms with E-state index in [0.29, 0.717) is 0 Å². The molecule has 0 saturated carbocycles. The second-order valence-corrected chi connectivity index (χ2v) is 3.78. The molecule has 85 valence electrons. The van der Waals surface area contributed by atoms with E-state index in [0.717, 1.165) is 6.42 Å². The standard InChI is InChI=1S/C13H15.2ClH.Zr/c1-4-11-7-12-5-9(2)10(3)6-13(12)8-11;;;/h5-8H,4H2,1-3H3;2*1H;/q-1;;;+3/p-2. The van der Waals surface area contributed by atoms with Crippen LogP contribution in [0, 0.1) is 13.8 Å². The Morgan fingerprint density at radius 2 is 1.56 bits per heavy atom. The maximum absolute atomic E-state index is 2.29. The van der Waals surface area contributed by atoms with E-state index < -0.39 is 0 Å². The Balaban J connectivity index is 0. The molecule has 0 atom stereocenters. The third-order valence-electron chi connectivity index (χ3n) is 2.79. The van der Waals surface area contributed by atoms with Crippen molar-refractivity contribution in [3.8, 4) is 0 Å². The zero-order valence-electron chi connectivity index (χ0n) is 9.77.